The van der Waals surface area contributed by atoms with E-state index in [2.05, 4.69) is 10.6 Å². The minimum absolute atomic E-state index is 0.0113. The lowest BCUT2D eigenvalue weighted by Gasteiger charge is -2.13. The highest BCUT2D eigenvalue weighted by Gasteiger charge is 2.16. The number of nitrogens with one attached hydrogen (secondary N) is 2. The van der Waals surface area contributed by atoms with Crippen LogP contribution >= 0.6 is 35.4 Å². The van der Waals surface area contributed by atoms with Crippen molar-refractivity contribution in [2.24, 2.45) is 0 Å². The first-order valence-corrected chi connectivity index (χ1v) is 7.34. The summed E-state index contributed by atoms with van der Waals surface area (Å²) in [5.74, 6) is -1.45. The number of amides is 1. The van der Waals surface area contributed by atoms with E-state index in [0.717, 1.165) is 12.8 Å². The van der Waals surface area contributed by atoms with Crippen molar-refractivity contribution in [3.63, 3.8) is 0 Å². The van der Waals surface area contributed by atoms with Gasteiger partial charge in [-0.3, -0.25) is 4.79 Å². The van der Waals surface area contributed by atoms with Crippen LogP contribution in [0.5, 0.6) is 0 Å². The Kier molecular flexibility index (Phi) is 6.87. The number of halogens is 2. The summed E-state index contributed by atoms with van der Waals surface area (Å²) in [6, 6.07) is 2.64. The summed E-state index contributed by atoms with van der Waals surface area (Å²) in [7, 11) is 0. The van der Waals surface area contributed by atoms with Crippen LogP contribution in [0.1, 0.15) is 36.5 Å². The molecule has 0 atom stereocenters. The van der Waals surface area contributed by atoms with Crippen molar-refractivity contribution in [2.75, 3.05) is 5.32 Å². The van der Waals surface area contributed by atoms with Crippen molar-refractivity contribution >= 4 is 58.1 Å². The van der Waals surface area contributed by atoms with Crippen LogP contribution in [-0.2, 0) is 4.79 Å². The highest BCUT2D eigenvalue weighted by molar-refractivity contribution is 7.80. The van der Waals surface area contributed by atoms with E-state index >= 15 is 0 Å². The fraction of sp³-hybridized carbons (Fsp3) is 0.308. The van der Waals surface area contributed by atoms with Crippen LogP contribution in [0.4, 0.5) is 5.69 Å². The Labute approximate surface area is 137 Å². The van der Waals surface area contributed by atoms with Crippen molar-refractivity contribution in [3.05, 3.63) is 27.7 Å². The van der Waals surface area contributed by atoms with Crippen LogP contribution < -0.4 is 10.6 Å². The molecule has 0 aliphatic carbocycles. The highest BCUT2D eigenvalue weighted by atomic mass is 35.5. The SMILES string of the molecule is CCCCC(=O)NC(=S)Nc1c(Cl)cc(Cl)cc1C(=O)O. The summed E-state index contributed by atoms with van der Waals surface area (Å²) in [6.45, 7) is 1.97. The first-order chi connectivity index (χ1) is 9.85. The Morgan fingerprint density at radius 2 is 2.00 bits per heavy atom. The van der Waals surface area contributed by atoms with Crippen molar-refractivity contribution in [1.29, 1.82) is 0 Å². The number of aromatic carboxylic acids is 1. The van der Waals surface area contributed by atoms with E-state index in [0.29, 0.717) is 6.42 Å². The molecular weight excluding hydrogens is 335 g/mol. The van der Waals surface area contributed by atoms with E-state index in [1.807, 2.05) is 6.92 Å². The van der Waals surface area contributed by atoms with E-state index in [-0.39, 0.29) is 32.3 Å². The zero-order chi connectivity index (χ0) is 16.0. The first kappa shape index (κ1) is 17.7. The maximum absolute atomic E-state index is 11.6. The number of carbonyl (C=O) groups is 2. The van der Waals surface area contributed by atoms with E-state index in [1.54, 1.807) is 0 Å². The molecular formula is C13H14Cl2N2O3S. The maximum atomic E-state index is 11.6. The number of rotatable bonds is 5. The molecule has 0 fully saturated rings. The van der Waals surface area contributed by atoms with Crippen LogP contribution in [0.25, 0.3) is 0 Å². The molecule has 0 aliphatic rings. The first-order valence-electron chi connectivity index (χ1n) is 6.18. The molecule has 0 spiro atoms. The van der Waals surface area contributed by atoms with Gasteiger partial charge in [-0.25, -0.2) is 4.79 Å². The van der Waals surface area contributed by atoms with Gasteiger partial charge in [0.05, 0.1) is 16.3 Å². The lowest BCUT2D eigenvalue weighted by atomic mass is 10.2. The maximum Gasteiger partial charge on any atom is 0.337 e. The molecule has 1 rings (SSSR count). The third-order valence-corrected chi connectivity index (χ3v) is 3.25. The molecule has 0 radical (unpaired) electrons. The molecule has 0 saturated carbocycles. The van der Waals surface area contributed by atoms with Gasteiger partial charge in [-0.15, -0.1) is 0 Å². The molecule has 1 aromatic rings. The molecule has 0 saturated heterocycles. The predicted octanol–water partition coefficient (Wildman–Crippen LogP) is 3.69. The van der Waals surface area contributed by atoms with Crippen LogP contribution in [0, 0.1) is 0 Å². The van der Waals surface area contributed by atoms with E-state index in [9.17, 15) is 9.59 Å². The molecule has 0 bridgehead atoms. The van der Waals surface area contributed by atoms with Gasteiger partial charge in [-0.2, -0.15) is 0 Å². The van der Waals surface area contributed by atoms with Gasteiger partial charge < -0.3 is 15.7 Å². The molecule has 0 aliphatic heterocycles. The quantitative estimate of drug-likeness (QED) is 0.707. The van der Waals surface area contributed by atoms with Crippen molar-refractivity contribution < 1.29 is 14.7 Å². The topological polar surface area (TPSA) is 78.4 Å². The Bertz CT molecular complexity index is 579. The zero-order valence-electron chi connectivity index (χ0n) is 11.2. The van der Waals surface area contributed by atoms with Gasteiger partial charge in [0.15, 0.2) is 5.11 Å². The van der Waals surface area contributed by atoms with Crippen molar-refractivity contribution in [3.8, 4) is 0 Å². The molecule has 0 heterocycles. The second kappa shape index (κ2) is 8.17. The van der Waals surface area contributed by atoms with Crippen LogP contribution in [0.2, 0.25) is 10.0 Å². The Balaban J connectivity index is 2.85. The largest absolute Gasteiger partial charge is 0.478 e. The molecule has 21 heavy (non-hydrogen) atoms. The average Bonchev–Trinajstić information content (AvgIpc) is 2.38. The molecule has 8 heteroatoms. The average molecular weight is 349 g/mol. The molecule has 1 aromatic carbocycles. The van der Waals surface area contributed by atoms with E-state index in [4.69, 9.17) is 40.5 Å². The molecule has 0 aromatic heterocycles. The number of carboxylic acid groups (broad SMARTS) is 1. The normalized spacial score (nSPS) is 10.0. The minimum atomic E-state index is -1.21. The van der Waals surface area contributed by atoms with Gasteiger partial charge in [0.25, 0.3) is 0 Å². The highest BCUT2D eigenvalue weighted by Crippen LogP contribution is 2.30. The lowest BCUT2D eigenvalue weighted by Crippen LogP contribution is -2.34. The number of unbranched alkanes of at least 4 members (excludes halogenated alkanes) is 1. The smallest absolute Gasteiger partial charge is 0.337 e. The number of thiocarbonyl (C=S) groups is 1. The number of hydrogen-bond acceptors (Lipinski definition) is 3. The van der Waals surface area contributed by atoms with Crippen LogP contribution in [-0.4, -0.2) is 22.1 Å². The predicted molar refractivity (Wildman–Crippen MR) is 87.3 cm³/mol. The summed E-state index contributed by atoms with van der Waals surface area (Å²) >= 11 is 16.7. The second-order valence-electron chi connectivity index (χ2n) is 4.22. The second-order valence-corrected chi connectivity index (χ2v) is 5.47. The fourth-order valence-corrected chi connectivity index (χ4v) is 2.30. The summed E-state index contributed by atoms with van der Waals surface area (Å²) in [5, 5.41) is 14.5. The summed E-state index contributed by atoms with van der Waals surface area (Å²) in [6.07, 6.45) is 1.98. The lowest BCUT2D eigenvalue weighted by molar-refractivity contribution is -0.119. The van der Waals surface area contributed by atoms with Crippen LogP contribution in [0.15, 0.2) is 12.1 Å². The Morgan fingerprint density at radius 3 is 2.57 bits per heavy atom. The van der Waals surface area contributed by atoms with Gasteiger partial charge in [0.2, 0.25) is 5.91 Å². The van der Waals surface area contributed by atoms with Crippen molar-refractivity contribution in [2.45, 2.75) is 26.2 Å². The third kappa shape index (κ3) is 5.49. The van der Waals surface area contributed by atoms with Crippen LogP contribution in [0.3, 0.4) is 0 Å². The number of benzene rings is 1. The number of carbonyl (C=O) groups excluding carboxylic acids is 1. The van der Waals surface area contributed by atoms with Gasteiger partial charge in [0, 0.05) is 11.4 Å². The third-order valence-electron chi connectivity index (χ3n) is 2.53. The molecule has 3 N–H and O–H groups in total. The fourth-order valence-electron chi connectivity index (χ4n) is 1.54. The molecule has 114 valence electrons. The van der Waals surface area contributed by atoms with Gasteiger partial charge >= 0.3 is 5.97 Å². The number of carboxylic acids is 1. The zero-order valence-corrected chi connectivity index (χ0v) is 13.5. The molecule has 1 amide bonds. The molecule has 0 unspecified atom stereocenters. The monoisotopic (exact) mass is 348 g/mol. The van der Waals surface area contributed by atoms with Gasteiger partial charge in [-0.05, 0) is 30.8 Å². The number of hydrogen-bond donors (Lipinski definition) is 3. The van der Waals surface area contributed by atoms with E-state index in [1.165, 1.54) is 12.1 Å². The van der Waals surface area contributed by atoms with Gasteiger partial charge in [0.1, 0.15) is 0 Å². The van der Waals surface area contributed by atoms with Crippen molar-refractivity contribution in [1.82, 2.24) is 5.32 Å². The summed E-state index contributed by atoms with van der Waals surface area (Å²) in [4.78, 5) is 22.7. The number of anilines is 1. The summed E-state index contributed by atoms with van der Waals surface area (Å²) < 4.78 is 0. The minimum Gasteiger partial charge on any atom is -0.478 e. The standard InChI is InChI=1S/C13H14Cl2N2O3S/c1-2-3-4-10(18)16-13(21)17-11-8(12(19)20)5-7(14)6-9(11)15/h5-6H,2-4H2,1H3,(H,19,20)(H2,16,17,18,21). The Morgan fingerprint density at radius 1 is 1.33 bits per heavy atom. The van der Waals surface area contributed by atoms with Gasteiger partial charge in [-0.1, -0.05) is 36.5 Å². The Hall–Kier alpha value is -1.37. The molecule has 5 nitrogen and oxygen atoms in total. The summed E-state index contributed by atoms with van der Waals surface area (Å²) in [5.41, 5.74) is -0.0352. The van der Waals surface area contributed by atoms with E-state index < -0.39 is 5.97 Å².